The van der Waals surface area contributed by atoms with Gasteiger partial charge in [0.2, 0.25) is 0 Å². The van der Waals surface area contributed by atoms with Gasteiger partial charge in [-0.15, -0.1) is 0 Å². The maximum absolute atomic E-state index is 12.9. The number of morpholine rings is 1. The molecule has 2 aromatic rings. The number of nitrogens with zero attached hydrogens (tertiary/aromatic N) is 2. The van der Waals surface area contributed by atoms with Crippen LogP contribution in [-0.4, -0.2) is 63.9 Å². The molecular weight excluding hydrogens is 414 g/mol. The quantitative estimate of drug-likeness (QED) is 0.583. The van der Waals surface area contributed by atoms with E-state index in [2.05, 4.69) is 47.3 Å². The maximum atomic E-state index is 12.9. The molecule has 2 aromatic carbocycles. The number of ether oxygens (including phenoxy) is 2. The van der Waals surface area contributed by atoms with Gasteiger partial charge in [0.15, 0.2) is 0 Å². The Morgan fingerprint density at radius 2 is 1.91 bits per heavy atom. The number of fused-ring (bicyclic) bond motifs is 1. The highest BCUT2D eigenvalue weighted by Gasteiger charge is 2.25. The molecule has 0 unspecified atom stereocenters. The Morgan fingerprint density at radius 3 is 2.67 bits per heavy atom. The summed E-state index contributed by atoms with van der Waals surface area (Å²) in [6.07, 6.45) is 4.43. The SMILES string of the molecule is CCCCOc1ccc(C(=O)NC[C@@H](c2ccc3c(c2)CCCN3C)N2CCOCC2)cc1. The van der Waals surface area contributed by atoms with Crippen LogP contribution >= 0.6 is 0 Å². The fourth-order valence-electron chi connectivity index (χ4n) is 4.69. The van der Waals surface area contributed by atoms with E-state index in [9.17, 15) is 4.79 Å². The number of anilines is 1. The van der Waals surface area contributed by atoms with Crippen LogP contribution in [0.25, 0.3) is 0 Å². The van der Waals surface area contributed by atoms with Crippen molar-refractivity contribution in [1.82, 2.24) is 10.2 Å². The zero-order valence-corrected chi connectivity index (χ0v) is 20.0. The van der Waals surface area contributed by atoms with Crippen LogP contribution in [0.5, 0.6) is 5.75 Å². The molecule has 0 saturated carbocycles. The van der Waals surface area contributed by atoms with Gasteiger partial charge in [-0.2, -0.15) is 0 Å². The molecule has 6 heteroatoms. The Morgan fingerprint density at radius 1 is 1.12 bits per heavy atom. The van der Waals surface area contributed by atoms with Gasteiger partial charge in [-0.05, 0) is 60.7 Å². The highest BCUT2D eigenvalue weighted by molar-refractivity contribution is 5.94. The monoisotopic (exact) mass is 451 g/mol. The highest BCUT2D eigenvalue weighted by atomic mass is 16.5. The molecule has 1 atom stereocenters. The second kappa shape index (κ2) is 11.5. The third-order valence-electron chi connectivity index (χ3n) is 6.66. The lowest BCUT2D eigenvalue weighted by atomic mass is 9.95. The molecule has 0 radical (unpaired) electrons. The van der Waals surface area contributed by atoms with E-state index in [0.29, 0.717) is 18.7 Å². The zero-order chi connectivity index (χ0) is 23.0. The Labute approximate surface area is 197 Å². The predicted molar refractivity (Wildman–Crippen MR) is 132 cm³/mol. The van der Waals surface area contributed by atoms with Gasteiger partial charge in [0.1, 0.15) is 5.75 Å². The van der Waals surface area contributed by atoms with E-state index in [4.69, 9.17) is 9.47 Å². The van der Waals surface area contributed by atoms with Crippen molar-refractivity contribution in [3.63, 3.8) is 0 Å². The average Bonchev–Trinajstić information content (AvgIpc) is 2.85. The third kappa shape index (κ3) is 6.06. The van der Waals surface area contributed by atoms with Crippen molar-refractivity contribution in [2.45, 2.75) is 38.6 Å². The normalized spacial score (nSPS) is 17.3. The summed E-state index contributed by atoms with van der Waals surface area (Å²) in [6.45, 7) is 7.75. The van der Waals surface area contributed by atoms with Crippen LogP contribution in [0.2, 0.25) is 0 Å². The minimum absolute atomic E-state index is 0.0499. The Bertz CT molecular complexity index is 909. The van der Waals surface area contributed by atoms with Crippen molar-refractivity contribution in [3.05, 3.63) is 59.2 Å². The molecule has 1 N–H and O–H groups in total. The summed E-state index contributed by atoms with van der Waals surface area (Å²) in [5.41, 5.74) is 4.66. The smallest absolute Gasteiger partial charge is 0.251 e. The third-order valence-corrected chi connectivity index (χ3v) is 6.66. The van der Waals surface area contributed by atoms with Crippen LogP contribution in [0.15, 0.2) is 42.5 Å². The standard InChI is InChI=1S/C27H37N3O3/c1-3-4-16-33-24-10-7-21(8-11-24)27(31)28-20-26(30-14-17-32-18-15-30)23-9-12-25-22(19-23)6-5-13-29(25)2/h7-12,19,26H,3-6,13-18,20H2,1-2H3,(H,28,31)/t26-/m0/s1. The number of benzene rings is 2. The fraction of sp³-hybridized carbons (Fsp3) is 0.519. The molecule has 6 nitrogen and oxygen atoms in total. The Hall–Kier alpha value is -2.57. The number of carbonyl (C=O) groups excluding carboxylic acids is 1. The van der Waals surface area contributed by atoms with Crippen molar-refractivity contribution >= 4 is 11.6 Å². The minimum atomic E-state index is -0.0499. The molecule has 0 aromatic heterocycles. The summed E-state index contributed by atoms with van der Waals surface area (Å²) in [7, 11) is 2.16. The summed E-state index contributed by atoms with van der Waals surface area (Å²) in [5.74, 6) is 0.760. The van der Waals surface area contributed by atoms with Gasteiger partial charge in [0.05, 0.1) is 25.9 Å². The largest absolute Gasteiger partial charge is 0.494 e. The molecule has 1 saturated heterocycles. The first kappa shape index (κ1) is 23.6. The van der Waals surface area contributed by atoms with E-state index in [-0.39, 0.29) is 11.9 Å². The van der Waals surface area contributed by atoms with Gasteiger partial charge in [0.25, 0.3) is 5.91 Å². The first-order chi connectivity index (χ1) is 16.2. The highest BCUT2D eigenvalue weighted by Crippen LogP contribution is 2.31. The predicted octanol–water partition coefficient (Wildman–Crippen LogP) is 4.05. The molecular formula is C27H37N3O3. The number of carbonyl (C=O) groups is 1. The van der Waals surface area contributed by atoms with Crippen LogP contribution in [0, 0.1) is 0 Å². The first-order valence-electron chi connectivity index (χ1n) is 12.3. The van der Waals surface area contributed by atoms with E-state index < -0.39 is 0 Å². The van der Waals surface area contributed by atoms with E-state index in [1.54, 1.807) is 0 Å². The lowest BCUT2D eigenvalue weighted by Crippen LogP contribution is -2.44. The summed E-state index contributed by atoms with van der Waals surface area (Å²) >= 11 is 0. The summed E-state index contributed by atoms with van der Waals surface area (Å²) in [6, 6.07) is 14.4. The van der Waals surface area contributed by atoms with Crippen molar-refractivity contribution in [3.8, 4) is 5.75 Å². The Balaban J connectivity index is 1.44. The minimum Gasteiger partial charge on any atom is -0.494 e. The molecule has 0 aliphatic carbocycles. The van der Waals surface area contributed by atoms with Crippen LogP contribution < -0.4 is 15.0 Å². The molecule has 2 aliphatic rings. The van der Waals surface area contributed by atoms with Crippen LogP contribution in [0.3, 0.4) is 0 Å². The van der Waals surface area contributed by atoms with Gasteiger partial charge in [-0.25, -0.2) is 0 Å². The average molecular weight is 452 g/mol. The van der Waals surface area contributed by atoms with Gasteiger partial charge in [0, 0.05) is 44.5 Å². The summed E-state index contributed by atoms with van der Waals surface area (Å²) < 4.78 is 11.3. The zero-order valence-electron chi connectivity index (χ0n) is 20.0. The molecule has 0 bridgehead atoms. The molecule has 2 aliphatic heterocycles. The van der Waals surface area contributed by atoms with Gasteiger partial charge >= 0.3 is 0 Å². The summed E-state index contributed by atoms with van der Waals surface area (Å²) in [4.78, 5) is 17.7. The lowest BCUT2D eigenvalue weighted by Gasteiger charge is -2.36. The Kier molecular flexibility index (Phi) is 8.24. The number of hydrogen-bond acceptors (Lipinski definition) is 5. The fourth-order valence-corrected chi connectivity index (χ4v) is 4.69. The molecule has 1 fully saturated rings. The van der Waals surface area contributed by atoms with Crippen molar-refractivity contribution in [2.24, 2.45) is 0 Å². The van der Waals surface area contributed by atoms with E-state index in [0.717, 1.165) is 57.9 Å². The second-order valence-electron chi connectivity index (χ2n) is 9.01. The maximum Gasteiger partial charge on any atom is 0.251 e. The topological polar surface area (TPSA) is 54.0 Å². The van der Waals surface area contributed by atoms with Gasteiger partial charge in [-0.1, -0.05) is 25.5 Å². The van der Waals surface area contributed by atoms with Crippen molar-refractivity contribution < 1.29 is 14.3 Å². The van der Waals surface area contributed by atoms with E-state index >= 15 is 0 Å². The molecule has 2 heterocycles. The van der Waals surface area contributed by atoms with Gasteiger partial charge < -0.3 is 19.7 Å². The molecule has 1 amide bonds. The molecule has 0 spiro atoms. The number of amides is 1. The number of hydrogen-bond donors (Lipinski definition) is 1. The number of nitrogens with one attached hydrogen (secondary N) is 1. The van der Waals surface area contributed by atoms with E-state index in [1.807, 2.05) is 24.3 Å². The summed E-state index contributed by atoms with van der Waals surface area (Å²) in [5, 5.41) is 3.18. The van der Waals surface area contributed by atoms with Crippen LogP contribution in [-0.2, 0) is 11.2 Å². The second-order valence-corrected chi connectivity index (χ2v) is 9.01. The molecule has 33 heavy (non-hydrogen) atoms. The first-order valence-corrected chi connectivity index (χ1v) is 12.3. The van der Waals surface area contributed by atoms with E-state index in [1.165, 1.54) is 23.2 Å². The number of aryl methyl sites for hydroxylation is 1. The van der Waals surface area contributed by atoms with Crippen LogP contribution in [0.1, 0.15) is 53.7 Å². The number of unbranched alkanes of at least 4 members (excludes halogenated alkanes) is 1. The van der Waals surface area contributed by atoms with Crippen molar-refractivity contribution in [1.29, 1.82) is 0 Å². The lowest BCUT2D eigenvalue weighted by molar-refractivity contribution is 0.0162. The number of rotatable bonds is 9. The molecule has 4 rings (SSSR count). The van der Waals surface area contributed by atoms with Gasteiger partial charge in [-0.3, -0.25) is 9.69 Å². The molecule has 178 valence electrons. The van der Waals surface area contributed by atoms with Crippen molar-refractivity contribution in [2.75, 3.05) is 57.9 Å². The van der Waals surface area contributed by atoms with Crippen LogP contribution in [0.4, 0.5) is 5.69 Å².